The summed E-state index contributed by atoms with van der Waals surface area (Å²) in [5.74, 6) is 1.10. The summed E-state index contributed by atoms with van der Waals surface area (Å²) in [7, 11) is 0. The first-order valence-electron chi connectivity index (χ1n) is 10.4. The topological polar surface area (TPSA) is 56.8 Å². The van der Waals surface area contributed by atoms with Crippen LogP contribution in [0.15, 0.2) is 18.2 Å². The summed E-state index contributed by atoms with van der Waals surface area (Å²) in [5, 5.41) is 2.82. The highest BCUT2D eigenvalue weighted by molar-refractivity contribution is 5.73. The van der Waals surface area contributed by atoms with E-state index in [0.717, 1.165) is 38.0 Å². The van der Waals surface area contributed by atoms with Crippen LogP contribution >= 0.6 is 0 Å². The van der Waals surface area contributed by atoms with Gasteiger partial charge >= 0.3 is 0 Å². The molecule has 2 saturated carbocycles. The predicted octanol–water partition coefficient (Wildman–Crippen LogP) is 3.98. The molecular weight excluding hydrogens is 361 g/mol. The van der Waals surface area contributed by atoms with Crippen molar-refractivity contribution in [2.45, 2.75) is 77.2 Å². The number of amides is 1. The molecule has 0 unspecified atom stereocenters. The molecule has 1 N–H and O–H groups in total. The second kappa shape index (κ2) is 10.2. The number of hydrogen-bond donors (Lipinski definition) is 1. The van der Waals surface area contributed by atoms with Crippen LogP contribution < -0.4 is 10.1 Å². The van der Waals surface area contributed by atoms with Gasteiger partial charge < -0.3 is 19.5 Å². The molecule has 5 nitrogen and oxygen atoms in total. The second-order valence-corrected chi connectivity index (χ2v) is 8.15. The number of ether oxygens (including phenoxy) is 3. The van der Waals surface area contributed by atoms with Gasteiger partial charge in [-0.25, -0.2) is 4.39 Å². The van der Waals surface area contributed by atoms with Crippen molar-refractivity contribution in [2.75, 3.05) is 13.2 Å². The standard InChI is InChI=1S/C22H32FNO4/c1-15(24-16(2)25)12-26-19-5-7-20(8-6-19)28-14-18-11-21(9-10-22(18)23)27-13-17-3-4-17/h9-11,15,17,19-20H,3-8,12-14H2,1-2H3,(H,24,25)/t15-,19-,20-/m0/s1. The van der Waals surface area contributed by atoms with Crippen LogP contribution in [0, 0.1) is 11.7 Å². The molecule has 2 aliphatic rings. The van der Waals surface area contributed by atoms with Crippen LogP contribution in [0.2, 0.25) is 0 Å². The number of nitrogens with one attached hydrogen (secondary N) is 1. The molecule has 2 fully saturated rings. The van der Waals surface area contributed by atoms with Gasteiger partial charge in [-0.15, -0.1) is 0 Å². The van der Waals surface area contributed by atoms with E-state index in [-0.39, 0.29) is 36.6 Å². The van der Waals surface area contributed by atoms with Crippen molar-refractivity contribution in [3.8, 4) is 5.75 Å². The monoisotopic (exact) mass is 393 g/mol. The van der Waals surface area contributed by atoms with Crippen molar-refractivity contribution in [1.82, 2.24) is 5.32 Å². The number of carbonyl (C=O) groups is 1. The molecule has 6 heteroatoms. The lowest BCUT2D eigenvalue weighted by Gasteiger charge is -2.29. The van der Waals surface area contributed by atoms with Gasteiger partial charge in [0.15, 0.2) is 0 Å². The second-order valence-electron chi connectivity index (χ2n) is 8.15. The fourth-order valence-corrected chi connectivity index (χ4v) is 3.49. The van der Waals surface area contributed by atoms with E-state index in [1.54, 1.807) is 12.1 Å². The number of halogens is 1. The maximum atomic E-state index is 14.1. The fourth-order valence-electron chi connectivity index (χ4n) is 3.49. The molecule has 1 aromatic rings. The Kier molecular flexibility index (Phi) is 7.68. The minimum absolute atomic E-state index is 0.0175. The molecule has 1 atom stereocenters. The van der Waals surface area contributed by atoms with E-state index in [9.17, 15) is 9.18 Å². The Morgan fingerprint density at radius 3 is 2.46 bits per heavy atom. The third-order valence-corrected chi connectivity index (χ3v) is 5.33. The molecule has 28 heavy (non-hydrogen) atoms. The summed E-state index contributed by atoms with van der Waals surface area (Å²) < 4.78 is 31.7. The van der Waals surface area contributed by atoms with Gasteiger partial charge in [0.1, 0.15) is 11.6 Å². The molecule has 0 saturated heterocycles. The Balaban J connectivity index is 1.36. The smallest absolute Gasteiger partial charge is 0.217 e. The van der Waals surface area contributed by atoms with Crippen molar-refractivity contribution < 1.29 is 23.4 Å². The van der Waals surface area contributed by atoms with Gasteiger partial charge in [-0.3, -0.25) is 4.79 Å². The lowest BCUT2D eigenvalue weighted by molar-refractivity contribution is -0.120. The molecule has 1 amide bonds. The summed E-state index contributed by atoms with van der Waals surface area (Å²) in [5.41, 5.74) is 0.552. The molecule has 0 bridgehead atoms. The molecule has 2 aliphatic carbocycles. The van der Waals surface area contributed by atoms with Crippen LogP contribution in [0.5, 0.6) is 5.75 Å². The normalized spacial score (nSPS) is 23.2. The summed E-state index contributed by atoms with van der Waals surface area (Å²) in [6, 6.07) is 4.92. The van der Waals surface area contributed by atoms with Gasteiger partial charge in [-0.1, -0.05) is 0 Å². The summed E-state index contributed by atoms with van der Waals surface area (Å²) in [6.07, 6.45) is 6.44. The van der Waals surface area contributed by atoms with Crippen molar-refractivity contribution in [2.24, 2.45) is 5.92 Å². The number of carbonyl (C=O) groups excluding carboxylic acids is 1. The van der Waals surface area contributed by atoms with Crippen LogP contribution in [0.1, 0.15) is 57.9 Å². The Morgan fingerprint density at radius 1 is 1.14 bits per heavy atom. The predicted molar refractivity (Wildman–Crippen MR) is 105 cm³/mol. The third kappa shape index (κ3) is 7.06. The van der Waals surface area contributed by atoms with Gasteiger partial charge in [-0.05, 0) is 69.6 Å². The largest absolute Gasteiger partial charge is 0.493 e. The van der Waals surface area contributed by atoms with E-state index in [1.807, 2.05) is 6.92 Å². The van der Waals surface area contributed by atoms with Crippen molar-refractivity contribution in [3.05, 3.63) is 29.6 Å². The van der Waals surface area contributed by atoms with E-state index in [0.29, 0.717) is 18.1 Å². The van der Waals surface area contributed by atoms with Crippen LogP contribution in [0.4, 0.5) is 4.39 Å². The molecule has 156 valence electrons. The average Bonchev–Trinajstić information content (AvgIpc) is 3.49. The first-order valence-corrected chi connectivity index (χ1v) is 10.4. The first-order chi connectivity index (χ1) is 13.5. The summed E-state index contributed by atoms with van der Waals surface area (Å²) in [6.45, 7) is 4.96. The molecular formula is C22H32FNO4. The fraction of sp³-hybridized carbons (Fsp3) is 0.682. The number of rotatable bonds is 10. The SMILES string of the molecule is CC(=O)N[C@@H](C)CO[C@H]1CC[C@H](OCc2cc(OCC3CC3)ccc2F)CC1. The van der Waals surface area contributed by atoms with Crippen LogP contribution in [-0.2, 0) is 20.9 Å². The van der Waals surface area contributed by atoms with Gasteiger partial charge in [0.05, 0.1) is 32.0 Å². The average molecular weight is 393 g/mol. The van der Waals surface area contributed by atoms with Gasteiger partial charge in [-0.2, -0.15) is 0 Å². The summed E-state index contributed by atoms with van der Waals surface area (Å²) in [4.78, 5) is 11.0. The Labute approximate surface area is 166 Å². The maximum absolute atomic E-state index is 14.1. The molecule has 3 rings (SSSR count). The van der Waals surface area contributed by atoms with Gasteiger partial charge in [0.2, 0.25) is 5.91 Å². The molecule has 0 radical (unpaired) electrons. The highest BCUT2D eigenvalue weighted by Crippen LogP contribution is 2.30. The Hall–Kier alpha value is -1.66. The zero-order chi connectivity index (χ0) is 19.9. The number of hydrogen-bond acceptors (Lipinski definition) is 4. The number of benzene rings is 1. The van der Waals surface area contributed by atoms with E-state index in [1.165, 1.54) is 25.8 Å². The zero-order valence-corrected chi connectivity index (χ0v) is 16.9. The molecule has 0 spiro atoms. The molecule has 1 aromatic carbocycles. The minimum atomic E-state index is -0.247. The minimum Gasteiger partial charge on any atom is -0.493 e. The van der Waals surface area contributed by atoms with Crippen LogP contribution in [-0.4, -0.2) is 37.4 Å². The van der Waals surface area contributed by atoms with Crippen LogP contribution in [0.25, 0.3) is 0 Å². The summed E-state index contributed by atoms with van der Waals surface area (Å²) >= 11 is 0. The molecule has 0 heterocycles. The van der Waals surface area contributed by atoms with E-state index < -0.39 is 0 Å². The molecule has 0 aromatic heterocycles. The van der Waals surface area contributed by atoms with E-state index >= 15 is 0 Å². The maximum Gasteiger partial charge on any atom is 0.217 e. The van der Waals surface area contributed by atoms with Crippen molar-refractivity contribution in [3.63, 3.8) is 0 Å². The van der Waals surface area contributed by atoms with Gasteiger partial charge in [0, 0.05) is 18.5 Å². The van der Waals surface area contributed by atoms with Crippen molar-refractivity contribution in [1.29, 1.82) is 0 Å². The highest BCUT2D eigenvalue weighted by Gasteiger charge is 2.24. The van der Waals surface area contributed by atoms with Gasteiger partial charge in [0.25, 0.3) is 0 Å². The van der Waals surface area contributed by atoms with Crippen LogP contribution in [0.3, 0.4) is 0 Å². The van der Waals surface area contributed by atoms with Crippen molar-refractivity contribution >= 4 is 5.91 Å². The quantitative estimate of drug-likeness (QED) is 0.653. The van der Waals surface area contributed by atoms with E-state index in [4.69, 9.17) is 14.2 Å². The third-order valence-electron chi connectivity index (χ3n) is 5.33. The Morgan fingerprint density at radius 2 is 1.82 bits per heavy atom. The highest BCUT2D eigenvalue weighted by atomic mass is 19.1. The zero-order valence-electron chi connectivity index (χ0n) is 16.9. The first kappa shape index (κ1) is 21.1. The van der Waals surface area contributed by atoms with E-state index in [2.05, 4.69) is 5.32 Å². The Bertz CT molecular complexity index is 641. The lowest BCUT2D eigenvalue weighted by Crippen LogP contribution is -2.36. The molecule has 0 aliphatic heterocycles. The lowest BCUT2D eigenvalue weighted by atomic mass is 9.95.